The van der Waals surface area contributed by atoms with Crippen LogP contribution in [0.1, 0.15) is 18.4 Å². The van der Waals surface area contributed by atoms with Crippen LogP contribution in [-0.2, 0) is 6.54 Å². The molecule has 7 heteroatoms. The highest BCUT2D eigenvalue weighted by molar-refractivity contribution is 7.80. The minimum atomic E-state index is 0.538. The lowest BCUT2D eigenvalue weighted by Gasteiger charge is -2.07. The van der Waals surface area contributed by atoms with E-state index in [4.69, 9.17) is 35.4 Å². The average molecular weight is 341 g/mol. The number of halogens is 2. The highest BCUT2D eigenvalue weighted by atomic mass is 35.5. The Kier molecular flexibility index (Phi) is 4.33. The van der Waals surface area contributed by atoms with Crippen LogP contribution in [0.3, 0.4) is 0 Å². The van der Waals surface area contributed by atoms with Gasteiger partial charge in [-0.25, -0.2) is 0 Å². The first kappa shape index (κ1) is 14.6. The van der Waals surface area contributed by atoms with Crippen molar-refractivity contribution >= 4 is 46.2 Å². The summed E-state index contributed by atoms with van der Waals surface area (Å²) in [5.41, 5.74) is 1.91. The molecular weight excluding hydrogens is 327 g/mol. The van der Waals surface area contributed by atoms with Gasteiger partial charge in [0.2, 0.25) is 0 Å². The van der Waals surface area contributed by atoms with Gasteiger partial charge >= 0.3 is 0 Å². The summed E-state index contributed by atoms with van der Waals surface area (Å²) in [5.74, 6) is 0. The van der Waals surface area contributed by atoms with Gasteiger partial charge in [0, 0.05) is 12.2 Å². The van der Waals surface area contributed by atoms with Crippen LogP contribution in [0.2, 0.25) is 10.0 Å². The zero-order chi connectivity index (χ0) is 14.8. The maximum Gasteiger partial charge on any atom is 0.171 e. The summed E-state index contributed by atoms with van der Waals surface area (Å²) in [7, 11) is 0. The minimum Gasteiger partial charge on any atom is -0.360 e. The van der Waals surface area contributed by atoms with Crippen molar-refractivity contribution in [1.82, 2.24) is 15.1 Å². The highest BCUT2D eigenvalue weighted by Crippen LogP contribution is 2.23. The lowest BCUT2D eigenvalue weighted by molar-refractivity contribution is 0.687. The van der Waals surface area contributed by atoms with Gasteiger partial charge in [-0.1, -0.05) is 29.3 Å². The van der Waals surface area contributed by atoms with Crippen LogP contribution < -0.4 is 10.6 Å². The molecule has 1 fully saturated rings. The third kappa shape index (κ3) is 4.09. The van der Waals surface area contributed by atoms with Crippen LogP contribution in [0.25, 0.3) is 0 Å². The van der Waals surface area contributed by atoms with E-state index < -0.39 is 0 Å². The van der Waals surface area contributed by atoms with Gasteiger partial charge in [-0.2, -0.15) is 5.10 Å². The molecule has 3 rings (SSSR count). The standard InChI is InChI=1S/C14H14Cl2N4S/c15-12-4-1-9(5-13(12)16)7-20-8-11(6-17-20)19-14(21)18-10-2-3-10/h1,4-6,8,10H,2-3,7H2,(H2,18,19,21). The maximum atomic E-state index is 6.01. The Bertz CT molecular complexity index is 667. The molecule has 0 aliphatic heterocycles. The third-order valence-corrected chi connectivity index (χ3v) is 4.09. The van der Waals surface area contributed by atoms with E-state index in [0.29, 0.717) is 27.7 Å². The van der Waals surface area contributed by atoms with Gasteiger partial charge in [0.05, 0.1) is 28.5 Å². The van der Waals surface area contributed by atoms with Crippen molar-refractivity contribution in [2.24, 2.45) is 0 Å². The van der Waals surface area contributed by atoms with Gasteiger partial charge in [-0.3, -0.25) is 4.68 Å². The van der Waals surface area contributed by atoms with Crippen molar-refractivity contribution in [3.8, 4) is 0 Å². The Morgan fingerprint density at radius 1 is 1.33 bits per heavy atom. The molecule has 0 amide bonds. The molecule has 2 N–H and O–H groups in total. The molecule has 1 aliphatic rings. The highest BCUT2D eigenvalue weighted by Gasteiger charge is 2.21. The summed E-state index contributed by atoms with van der Waals surface area (Å²) in [6.45, 7) is 0.626. The molecule has 1 aromatic heterocycles. The van der Waals surface area contributed by atoms with E-state index in [9.17, 15) is 0 Å². The topological polar surface area (TPSA) is 41.9 Å². The molecule has 4 nitrogen and oxygen atoms in total. The first-order valence-corrected chi connectivity index (χ1v) is 7.80. The monoisotopic (exact) mass is 340 g/mol. The Labute approximate surface area is 138 Å². The molecule has 2 aromatic rings. The fourth-order valence-corrected chi connectivity index (χ4v) is 2.53. The van der Waals surface area contributed by atoms with Crippen LogP contribution in [0, 0.1) is 0 Å². The van der Waals surface area contributed by atoms with Crippen molar-refractivity contribution in [2.75, 3.05) is 5.32 Å². The molecule has 0 atom stereocenters. The van der Waals surface area contributed by atoms with Crippen molar-refractivity contribution in [1.29, 1.82) is 0 Å². The van der Waals surface area contributed by atoms with Crippen LogP contribution in [0.15, 0.2) is 30.6 Å². The summed E-state index contributed by atoms with van der Waals surface area (Å²) in [6, 6.07) is 6.10. The van der Waals surface area contributed by atoms with E-state index >= 15 is 0 Å². The van der Waals surface area contributed by atoms with Crippen molar-refractivity contribution in [3.05, 3.63) is 46.2 Å². The van der Waals surface area contributed by atoms with E-state index in [1.807, 2.05) is 23.0 Å². The summed E-state index contributed by atoms with van der Waals surface area (Å²) in [5, 5.41) is 12.4. The summed E-state index contributed by atoms with van der Waals surface area (Å²) in [4.78, 5) is 0. The number of nitrogens with zero attached hydrogens (tertiary/aromatic N) is 2. The molecule has 0 saturated heterocycles. The molecular formula is C14H14Cl2N4S. The second kappa shape index (κ2) is 6.22. The lowest BCUT2D eigenvalue weighted by atomic mass is 10.2. The predicted octanol–water partition coefficient (Wildman–Crippen LogP) is 3.69. The molecule has 110 valence electrons. The Morgan fingerprint density at radius 3 is 2.86 bits per heavy atom. The zero-order valence-corrected chi connectivity index (χ0v) is 13.5. The normalized spacial score (nSPS) is 14.0. The van der Waals surface area contributed by atoms with Gasteiger partial charge in [0.15, 0.2) is 5.11 Å². The number of aromatic nitrogens is 2. The number of thiocarbonyl (C=S) groups is 1. The molecule has 1 saturated carbocycles. The number of anilines is 1. The van der Waals surface area contributed by atoms with Crippen LogP contribution >= 0.6 is 35.4 Å². The van der Waals surface area contributed by atoms with Crippen LogP contribution in [0.5, 0.6) is 0 Å². The number of rotatable bonds is 4. The molecule has 1 aromatic carbocycles. The lowest BCUT2D eigenvalue weighted by Crippen LogP contribution is -2.29. The van der Waals surface area contributed by atoms with E-state index in [-0.39, 0.29) is 0 Å². The Balaban J connectivity index is 1.61. The molecule has 0 bridgehead atoms. The molecule has 0 spiro atoms. The maximum absolute atomic E-state index is 6.01. The quantitative estimate of drug-likeness (QED) is 0.833. The van der Waals surface area contributed by atoms with Gasteiger partial charge in [-0.05, 0) is 42.8 Å². The molecule has 21 heavy (non-hydrogen) atoms. The average Bonchev–Trinajstić information content (AvgIpc) is 3.13. The third-order valence-electron chi connectivity index (χ3n) is 3.13. The first-order chi connectivity index (χ1) is 10.1. The van der Waals surface area contributed by atoms with Gasteiger partial charge in [0.1, 0.15) is 0 Å². The minimum absolute atomic E-state index is 0.538. The predicted molar refractivity (Wildman–Crippen MR) is 90.2 cm³/mol. The largest absolute Gasteiger partial charge is 0.360 e. The fourth-order valence-electron chi connectivity index (χ4n) is 1.92. The van der Waals surface area contributed by atoms with E-state index in [1.54, 1.807) is 12.3 Å². The van der Waals surface area contributed by atoms with Gasteiger partial charge < -0.3 is 10.6 Å². The van der Waals surface area contributed by atoms with E-state index in [0.717, 1.165) is 11.3 Å². The summed E-state index contributed by atoms with van der Waals surface area (Å²) in [6.07, 6.45) is 6.04. The van der Waals surface area contributed by atoms with E-state index in [2.05, 4.69) is 15.7 Å². The second-order valence-corrected chi connectivity index (χ2v) is 6.27. The number of benzene rings is 1. The number of hydrogen-bond donors (Lipinski definition) is 2. The van der Waals surface area contributed by atoms with Crippen molar-refractivity contribution < 1.29 is 0 Å². The fraction of sp³-hybridized carbons (Fsp3) is 0.286. The summed E-state index contributed by atoms with van der Waals surface area (Å²) >= 11 is 17.1. The van der Waals surface area contributed by atoms with Crippen LogP contribution in [0.4, 0.5) is 5.69 Å². The molecule has 1 aliphatic carbocycles. The Hall–Kier alpha value is -1.30. The number of hydrogen-bond acceptors (Lipinski definition) is 2. The van der Waals surface area contributed by atoms with Gasteiger partial charge in [0.25, 0.3) is 0 Å². The van der Waals surface area contributed by atoms with Crippen molar-refractivity contribution in [2.45, 2.75) is 25.4 Å². The molecule has 1 heterocycles. The first-order valence-electron chi connectivity index (χ1n) is 6.64. The van der Waals surface area contributed by atoms with E-state index in [1.165, 1.54) is 12.8 Å². The molecule has 0 radical (unpaired) electrons. The second-order valence-electron chi connectivity index (χ2n) is 5.05. The summed E-state index contributed by atoms with van der Waals surface area (Å²) < 4.78 is 1.82. The van der Waals surface area contributed by atoms with Gasteiger partial charge in [-0.15, -0.1) is 0 Å². The Morgan fingerprint density at radius 2 is 2.14 bits per heavy atom. The van der Waals surface area contributed by atoms with Crippen molar-refractivity contribution in [3.63, 3.8) is 0 Å². The van der Waals surface area contributed by atoms with Crippen LogP contribution in [-0.4, -0.2) is 20.9 Å². The smallest absolute Gasteiger partial charge is 0.171 e. The number of nitrogens with one attached hydrogen (secondary N) is 2. The molecule has 0 unspecified atom stereocenters. The zero-order valence-electron chi connectivity index (χ0n) is 11.1. The SMILES string of the molecule is S=C(Nc1cnn(Cc2ccc(Cl)c(Cl)c2)c1)NC1CC1.